The SMILES string of the molecule is CNCC1CCCCN1CC1Cc2cc(C)ccc2O1. The van der Waals surface area contributed by atoms with E-state index in [0.717, 1.165) is 25.3 Å². The molecule has 0 spiro atoms. The van der Waals surface area contributed by atoms with Crippen molar-refractivity contribution in [2.24, 2.45) is 0 Å². The van der Waals surface area contributed by atoms with E-state index >= 15 is 0 Å². The van der Waals surface area contributed by atoms with Gasteiger partial charge in [0.1, 0.15) is 11.9 Å². The molecule has 2 heterocycles. The molecule has 0 amide bonds. The summed E-state index contributed by atoms with van der Waals surface area (Å²) < 4.78 is 6.13. The summed E-state index contributed by atoms with van der Waals surface area (Å²) in [6.45, 7) is 5.54. The van der Waals surface area contributed by atoms with Crippen LogP contribution in [0, 0.1) is 6.92 Å². The Balaban J connectivity index is 1.61. The Labute approximate surface area is 122 Å². The van der Waals surface area contributed by atoms with E-state index in [-0.39, 0.29) is 0 Å². The minimum absolute atomic E-state index is 0.337. The average Bonchev–Trinajstić information content (AvgIpc) is 2.82. The molecule has 1 saturated heterocycles. The van der Waals surface area contributed by atoms with Crippen molar-refractivity contribution >= 4 is 0 Å². The summed E-state index contributed by atoms with van der Waals surface area (Å²) in [5, 5.41) is 3.33. The Kier molecular flexibility index (Phi) is 4.27. The molecule has 3 rings (SSSR count). The number of nitrogens with zero attached hydrogens (tertiary/aromatic N) is 1. The van der Waals surface area contributed by atoms with Crippen LogP contribution in [0.15, 0.2) is 18.2 Å². The van der Waals surface area contributed by atoms with Gasteiger partial charge in [0, 0.05) is 25.6 Å². The number of piperidine rings is 1. The van der Waals surface area contributed by atoms with Gasteiger partial charge in [-0.05, 0) is 45.0 Å². The zero-order valence-electron chi connectivity index (χ0n) is 12.7. The average molecular weight is 274 g/mol. The molecule has 2 aliphatic rings. The van der Waals surface area contributed by atoms with Crippen LogP contribution in [0.5, 0.6) is 5.75 Å². The number of likely N-dealkylation sites (tertiary alicyclic amines) is 1. The van der Waals surface area contributed by atoms with Crippen LogP contribution in [0.25, 0.3) is 0 Å². The maximum Gasteiger partial charge on any atom is 0.123 e. The van der Waals surface area contributed by atoms with Gasteiger partial charge in [-0.1, -0.05) is 24.1 Å². The molecule has 2 atom stereocenters. The van der Waals surface area contributed by atoms with Crippen LogP contribution in [-0.2, 0) is 6.42 Å². The fraction of sp³-hybridized carbons (Fsp3) is 0.647. The van der Waals surface area contributed by atoms with Gasteiger partial charge in [0.05, 0.1) is 0 Å². The number of fused-ring (bicyclic) bond motifs is 1. The molecule has 2 unspecified atom stereocenters. The first-order valence-electron chi connectivity index (χ1n) is 7.91. The Morgan fingerprint density at radius 1 is 1.35 bits per heavy atom. The number of hydrogen-bond donors (Lipinski definition) is 1. The van der Waals surface area contributed by atoms with Gasteiger partial charge in [-0.25, -0.2) is 0 Å². The highest BCUT2D eigenvalue weighted by Gasteiger charge is 2.29. The van der Waals surface area contributed by atoms with Crippen molar-refractivity contribution in [2.75, 3.05) is 26.7 Å². The smallest absolute Gasteiger partial charge is 0.123 e. The van der Waals surface area contributed by atoms with E-state index in [1.165, 1.54) is 36.9 Å². The van der Waals surface area contributed by atoms with Crippen LogP contribution < -0.4 is 10.1 Å². The van der Waals surface area contributed by atoms with Crippen molar-refractivity contribution in [1.29, 1.82) is 0 Å². The molecule has 110 valence electrons. The lowest BCUT2D eigenvalue weighted by atomic mass is 10.0. The zero-order chi connectivity index (χ0) is 13.9. The van der Waals surface area contributed by atoms with Crippen LogP contribution in [0.2, 0.25) is 0 Å². The minimum Gasteiger partial charge on any atom is -0.488 e. The fourth-order valence-corrected chi connectivity index (χ4v) is 3.58. The molecule has 0 aromatic heterocycles. The number of benzene rings is 1. The molecule has 20 heavy (non-hydrogen) atoms. The van der Waals surface area contributed by atoms with Gasteiger partial charge < -0.3 is 10.1 Å². The maximum absolute atomic E-state index is 6.13. The van der Waals surface area contributed by atoms with Crippen molar-refractivity contribution in [3.8, 4) is 5.75 Å². The summed E-state index contributed by atoms with van der Waals surface area (Å²) in [5.41, 5.74) is 2.72. The fourth-order valence-electron chi connectivity index (χ4n) is 3.58. The van der Waals surface area contributed by atoms with Gasteiger partial charge in [0.2, 0.25) is 0 Å². The van der Waals surface area contributed by atoms with E-state index in [9.17, 15) is 0 Å². The third-order valence-corrected chi connectivity index (χ3v) is 4.58. The van der Waals surface area contributed by atoms with Crippen molar-refractivity contribution < 1.29 is 4.74 Å². The first-order chi connectivity index (χ1) is 9.76. The number of hydrogen-bond acceptors (Lipinski definition) is 3. The lowest BCUT2D eigenvalue weighted by Gasteiger charge is -2.36. The second-order valence-corrected chi connectivity index (χ2v) is 6.26. The molecule has 1 aromatic carbocycles. The van der Waals surface area contributed by atoms with Crippen LogP contribution in [0.4, 0.5) is 0 Å². The van der Waals surface area contributed by atoms with Gasteiger partial charge in [0.15, 0.2) is 0 Å². The molecule has 2 aliphatic heterocycles. The minimum atomic E-state index is 0.337. The molecular formula is C17H26N2O. The van der Waals surface area contributed by atoms with Gasteiger partial charge in [-0.3, -0.25) is 4.90 Å². The van der Waals surface area contributed by atoms with Gasteiger partial charge in [-0.2, -0.15) is 0 Å². The summed E-state index contributed by atoms with van der Waals surface area (Å²) >= 11 is 0. The Hall–Kier alpha value is -1.06. The van der Waals surface area contributed by atoms with E-state index in [4.69, 9.17) is 4.74 Å². The largest absolute Gasteiger partial charge is 0.488 e. The van der Waals surface area contributed by atoms with Gasteiger partial charge >= 0.3 is 0 Å². The summed E-state index contributed by atoms with van der Waals surface area (Å²) in [5.74, 6) is 1.10. The van der Waals surface area contributed by atoms with Crippen LogP contribution >= 0.6 is 0 Å². The summed E-state index contributed by atoms with van der Waals surface area (Å²) in [4.78, 5) is 2.63. The van der Waals surface area contributed by atoms with E-state index in [1.54, 1.807) is 0 Å². The molecule has 1 N–H and O–H groups in total. The Morgan fingerprint density at radius 3 is 3.10 bits per heavy atom. The van der Waals surface area contributed by atoms with E-state index < -0.39 is 0 Å². The first-order valence-corrected chi connectivity index (χ1v) is 7.91. The second kappa shape index (κ2) is 6.15. The summed E-state index contributed by atoms with van der Waals surface area (Å²) in [7, 11) is 2.05. The normalized spacial score (nSPS) is 26.3. The molecule has 1 fully saturated rings. The predicted molar refractivity (Wildman–Crippen MR) is 82.4 cm³/mol. The van der Waals surface area contributed by atoms with Crippen molar-refractivity contribution in [1.82, 2.24) is 10.2 Å². The summed E-state index contributed by atoms with van der Waals surface area (Å²) in [6, 6.07) is 7.23. The number of likely N-dealkylation sites (N-methyl/N-ethyl adjacent to an activating group) is 1. The monoisotopic (exact) mass is 274 g/mol. The molecule has 0 bridgehead atoms. The van der Waals surface area contributed by atoms with Crippen molar-refractivity contribution in [3.05, 3.63) is 29.3 Å². The summed E-state index contributed by atoms with van der Waals surface area (Å²) in [6.07, 6.45) is 5.43. The van der Waals surface area contributed by atoms with Crippen LogP contribution in [-0.4, -0.2) is 43.7 Å². The third kappa shape index (κ3) is 2.99. The zero-order valence-corrected chi connectivity index (χ0v) is 12.7. The third-order valence-electron chi connectivity index (χ3n) is 4.58. The highest BCUT2D eigenvalue weighted by atomic mass is 16.5. The topological polar surface area (TPSA) is 24.5 Å². The molecular weight excluding hydrogens is 248 g/mol. The highest BCUT2D eigenvalue weighted by Crippen LogP contribution is 2.30. The molecule has 0 radical (unpaired) electrons. The number of ether oxygens (including phenoxy) is 1. The molecule has 0 aliphatic carbocycles. The van der Waals surface area contributed by atoms with Crippen LogP contribution in [0.3, 0.4) is 0 Å². The molecule has 3 nitrogen and oxygen atoms in total. The quantitative estimate of drug-likeness (QED) is 0.912. The van der Waals surface area contributed by atoms with Crippen molar-refractivity contribution in [2.45, 2.75) is 44.8 Å². The van der Waals surface area contributed by atoms with E-state index in [0.29, 0.717) is 12.1 Å². The number of rotatable bonds is 4. The van der Waals surface area contributed by atoms with E-state index in [2.05, 4.69) is 42.4 Å². The Bertz CT molecular complexity index is 458. The number of nitrogens with one attached hydrogen (secondary N) is 1. The molecule has 0 saturated carbocycles. The first kappa shape index (κ1) is 13.9. The standard InChI is InChI=1S/C17H26N2O/c1-13-6-7-17-14(9-13)10-16(20-17)12-19-8-4-3-5-15(19)11-18-2/h6-7,9,15-16,18H,3-5,8,10-12H2,1-2H3. The molecule has 3 heteroatoms. The lowest BCUT2D eigenvalue weighted by molar-refractivity contribution is 0.0904. The van der Waals surface area contributed by atoms with Crippen LogP contribution in [0.1, 0.15) is 30.4 Å². The lowest BCUT2D eigenvalue weighted by Crippen LogP contribution is -2.48. The maximum atomic E-state index is 6.13. The van der Waals surface area contributed by atoms with E-state index in [1.807, 2.05) is 0 Å². The molecule has 1 aromatic rings. The second-order valence-electron chi connectivity index (χ2n) is 6.26. The number of aryl methyl sites for hydroxylation is 1. The highest BCUT2D eigenvalue weighted by molar-refractivity contribution is 5.40. The predicted octanol–water partition coefficient (Wildman–Crippen LogP) is 2.37. The van der Waals surface area contributed by atoms with Crippen molar-refractivity contribution in [3.63, 3.8) is 0 Å². The van der Waals surface area contributed by atoms with Gasteiger partial charge in [-0.15, -0.1) is 0 Å². The van der Waals surface area contributed by atoms with Gasteiger partial charge in [0.25, 0.3) is 0 Å². The Morgan fingerprint density at radius 2 is 2.25 bits per heavy atom.